The number of nitrogens with one attached hydrogen (secondary N) is 1. The van der Waals surface area contributed by atoms with Crippen LogP contribution in [0, 0.1) is 12.8 Å². The molecule has 1 atom stereocenters. The topological polar surface area (TPSA) is 69.6 Å². The molecule has 6 heteroatoms. The maximum absolute atomic E-state index is 12.2. The molecule has 1 aromatic carbocycles. The second kappa shape index (κ2) is 7.35. The number of aliphatic hydroxyl groups excluding tert-OH is 1. The Balaban J connectivity index is 1.86. The minimum atomic E-state index is -3.43. The quantitative estimate of drug-likeness (QED) is 0.826. The lowest BCUT2D eigenvalue weighted by Gasteiger charge is -2.30. The standard InChI is InChI=1S/C15H24N2O3S/c1-13-4-2-5-14(10-13)7-8-16-21(19,20)17-9-3-6-15(11-17)12-18/h2,4-5,10,15-16,18H,3,6-9,11-12H2,1H3. The zero-order valence-corrected chi connectivity index (χ0v) is 13.3. The number of aryl methyl sites for hydroxylation is 1. The van der Waals surface area contributed by atoms with Gasteiger partial charge in [0.1, 0.15) is 0 Å². The van der Waals surface area contributed by atoms with E-state index in [0.29, 0.717) is 26.1 Å². The normalized spacial score (nSPS) is 20.6. The summed E-state index contributed by atoms with van der Waals surface area (Å²) in [6.07, 6.45) is 2.38. The van der Waals surface area contributed by atoms with Crippen LogP contribution in [0.1, 0.15) is 24.0 Å². The van der Waals surface area contributed by atoms with E-state index in [9.17, 15) is 13.5 Å². The van der Waals surface area contributed by atoms with Gasteiger partial charge in [0.2, 0.25) is 0 Å². The second-order valence-corrected chi connectivity index (χ2v) is 7.44. The highest BCUT2D eigenvalue weighted by Crippen LogP contribution is 2.17. The van der Waals surface area contributed by atoms with Gasteiger partial charge in [-0.25, -0.2) is 4.72 Å². The van der Waals surface area contributed by atoms with Crippen LogP contribution >= 0.6 is 0 Å². The Morgan fingerprint density at radius 2 is 2.24 bits per heavy atom. The Labute approximate surface area is 127 Å². The first kappa shape index (κ1) is 16.4. The highest BCUT2D eigenvalue weighted by Gasteiger charge is 2.27. The van der Waals surface area contributed by atoms with Gasteiger partial charge in [0.15, 0.2) is 0 Å². The van der Waals surface area contributed by atoms with Crippen molar-refractivity contribution in [1.82, 2.24) is 9.03 Å². The third-order valence-electron chi connectivity index (χ3n) is 3.86. The van der Waals surface area contributed by atoms with Crippen LogP contribution in [-0.2, 0) is 16.6 Å². The molecular weight excluding hydrogens is 288 g/mol. The number of aliphatic hydroxyl groups is 1. The highest BCUT2D eigenvalue weighted by molar-refractivity contribution is 7.87. The van der Waals surface area contributed by atoms with Gasteiger partial charge >= 0.3 is 0 Å². The predicted octanol–water partition coefficient (Wildman–Crippen LogP) is 1.08. The van der Waals surface area contributed by atoms with E-state index in [-0.39, 0.29) is 12.5 Å². The van der Waals surface area contributed by atoms with Crippen molar-refractivity contribution in [1.29, 1.82) is 0 Å². The summed E-state index contributed by atoms with van der Waals surface area (Å²) in [4.78, 5) is 0. The van der Waals surface area contributed by atoms with Gasteiger partial charge < -0.3 is 5.11 Å². The fraction of sp³-hybridized carbons (Fsp3) is 0.600. The molecule has 0 saturated carbocycles. The van der Waals surface area contributed by atoms with Crippen LogP contribution in [-0.4, -0.2) is 44.1 Å². The number of hydrogen-bond acceptors (Lipinski definition) is 3. The Hall–Kier alpha value is -0.950. The van der Waals surface area contributed by atoms with Gasteiger partial charge in [-0.05, 0) is 37.7 Å². The monoisotopic (exact) mass is 312 g/mol. The maximum Gasteiger partial charge on any atom is 0.279 e. The van der Waals surface area contributed by atoms with E-state index in [1.807, 2.05) is 25.1 Å². The molecule has 5 nitrogen and oxygen atoms in total. The molecule has 2 N–H and O–H groups in total. The summed E-state index contributed by atoms with van der Waals surface area (Å²) in [6.45, 7) is 3.42. The van der Waals surface area contributed by atoms with Gasteiger partial charge in [-0.3, -0.25) is 0 Å². The molecule has 0 radical (unpaired) electrons. The molecule has 1 unspecified atom stereocenters. The molecule has 1 saturated heterocycles. The first-order chi connectivity index (χ1) is 10.0. The van der Waals surface area contributed by atoms with Gasteiger partial charge in [-0.1, -0.05) is 29.8 Å². The van der Waals surface area contributed by atoms with Gasteiger partial charge in [-0.2, -0.15) is 12.7 Å². The molecule has 1 fully saturated rings. The zero-order chi connectivity index (χ0) is 15.3. The van der Waals surface area contributed by atoms with Gasteiger partial charge in [-0.15, -0.1) is 0 Å². The second-order valence-electron chi connectivity index (χ2n) is 5.69. The van der Waals surface area contributed by atoms with Crippen molar-refractivity contribution in [3.8, 4) is 0 Å². The van der Waals surface area contributed by atoms with Crippen LogP contribution in [0.2, 0.25) is 0 Å². The lowest BCUT2D eigenvalue weighted by atomic mass is 10.0. The highest BCUT2D eigenvalue weighted by atomic mass is 32.2. The molecule has 21 heavy (non-hydrogen) atoms. The first-order valence-electron chi connectivity index (χ1n) is 7.42. The van der Waals surface area contributed by atoms with E-state index in [2.05, 4.69) is 10.8 Å². The minimum Gasteiger partial charge on any atom is -0.396 e. The molecule has 0 amide bonds. The fourth-order valence-corrected chi connectivity index (χ4v) is 4.00. The summed E-state index contributed by atoms with van der Waals surface area (Å²) < 4.78 is 28.6. The van der Waals surface area contributed by atoms with Crippen molar-refractivity contribution >= 4 is 10.2 Å². The van der Waals surface area contributed by atoms with Crippen molar-refractivity contribution < 1.29 is 13.5 Å². The SMILES string of the molecule is Cc1cccc(CCNS(=O)(=O)N2CCCC(CO)C2)c1. The predicted molar refractivity (Wildman–Crippen MR) is 83.2 cm³/mol. The Kier molecular flexibility index (Phi) is 5.75. The van der Waals surface area contributed by atoms with Crippen LogP contribution in [0.25, 0.3) is 0 Å². The van der Waals surface area contributed by atoms with Gasteiger partial charge in [0, 0.05) is 26.2 Å². The van der Waals surface area contributed by atoms with Crippen molar-refractivity contribution in [2.24, 2.45) is 5.92 Å². The Morgan fingerprint density at radius 3 is 2.95 bits per heavy atom. The minimum absolute atomic E-state index is 0.0509. The number of benzene rings is 1. The van der Waals surface area contributed by atoms with Crippen LogP contribution in [0.5, 0.6) is 0 Å². The van der Waals surface area contributed by atoms with E-state index in [1.54, 1.807) is 0 Å². The molecule has 0 aliphatic carbocycles. The van der Waals surface area contributed by atoms with Crippen LogP contribution in [0.4, 0.5) is 0 Å². The molecule has 2 rings (SSSR count). The zero-order valence-electron chi connectivity index (χ0n) is 12.5. The van der Waals surface area contributed by atoms with E-state index < -0.39 is 10.2 Å². The summed E-state index contributed by atoms with van der Waals surface area (Å²) >= 11 is 0. The van der Waals surface area contributed by atoms with Crippen molar-refractivity contribution in [3.63, 3.8) is 0 Å². The fourth-order valence-electron chi connectivity index (χ4n) is 2.68. The Morgan fingerprint density at radius 1 is 1.43 bits per heavy atom. The van der Waals surface area contributed by atoms with E-state index in [0.717, 1.165) is 18.4 Å². The maximum atomic E-state index is 12.2. The molecule has 118 valence electrons. The molecule has 0 spiro atoms. The molecule has 1 aliphatic heterocycles. The van der Waals surface area contributed by atoms with E-state index in [1.165, 1.54) is 9.87 Å². The number of rotatable bonds is 6. The van der Waals surface area contributed by atoms with Crippen LogP contribution in [0.15, 0.2) is 24.3 Å². The average molecular weight is 312 g/mol. The average Bonchev–Trinajstić information content (AvgIpc) is 2.47. The van der Waals surface area contributed by atoms with Crippen LogP contribution in [0.3, 0.4) is 0 Å². The summed E-state index contributed by atoms with van der Waals surface area (Å²) in [5.74, 6) is 0.0621. The Bertz CT molecular complexity index is 560. The number of nitrogens with zero attached hydrogens (tertiary/aromatic N) is 1. The molecule has 1 aliphatic rings. The van der Waals surface area contributed by atoms with Crippen LogP contribution < -0.4 is 4.72 Å². The summed E-state index contributed by atoms with van der Waals surface area (Å²) in [5, 5.41) is 9.18. The van der Waals surface area contributed by atoms with Crippen molar-refractivity contribution in [3.05, 3.63) is 35.4 Å². The summed E-state index contributed by atoms with van der Waals surface area (Å²) in [7, 11) is -3.43. The third-order valence-corrected chi connectivity index (χ3v) is 5.44. The first-order valence-corrected chi connectivity index (χ1v) is 8.86. The summed E-state index contributed by atoms with van der Waals surface area (Å²) in [6, 6.07) is 8.08. The van der Waals surface area contributed by atoms with Gasteiger partial charge in [0.25, 0.3) is 10.2 Å². The third kappa shape index (κ3) is 4.78. The van der Waals surface area contributed by atoms with Crippen molar-refractivity contribution in [2.75, 3.05) is 26.2 Å². The number of piperidine rings is 1. The number of hydrogen-bond donors (Lipinski definition) is 2. The van der Waals surface area contributed by atoms with E-state index in [4.69, 9.17) is 0 Å². The lowest BCUT2D eigenvalue weighted by Crippen LogP contribution is -2.47. The molecule has 1 aromatic rings. The smallest absolute Gasteiger partial charge is 0.279 e. The van der Waals surface area contributed by atoms with Gasteiger partial charge in [0.05, 0.1) is 0 Å². The summed E-state index contributed by atoms with van der Waals surface area (Å²) in [5.41, 5.74) is 2.31. The molecule has 0 bridgehead atoms. The largest absolute Gasteiger partial charge is 0.396 e. The molecule has 1 heterocycles. The molecule has 0 aromatic heterocycles. The molecular formula is C15H24N2O3S. The van der Waals surface area contributed by atoms with E-state index >= 15 is 0 Å². The van der Waals surface area contributed by atoms with Crippen molar-refractivity contribution in [2.45, 2.75) is 26.2 Å². The lowest BCUT2D eigenvalue weighted by molar-refractivity contribution is 0.165.